The predicted molar refractivity (Wildman–Crippen MR) is 91.8 cm³/mol. The van der Waals surface area contributed by atoms with Gasteiger partial charge in [-0.2, -0.15) is 0 Å². The number of carbonyl (C=O) groups excluding carboxylic acids is 1. The highest BCUT2D eigenvalue weighted by Gasteiger charge is 2.36. The van der Waals surface area contributed by atoms with Crippen molar-refractivity contribution in [1.82, 2.24) is 10.2 Å². The normalized spacial score (nSPS) is 23.2. The first kappa shape index (κ1) is 17.0. The second-order valence-corrected chi connectivity index (χ2v) is 7.19. The zero-order valence-corrected chi connectivity index (χ0v) is 14.0. The summed E-state index contributed by atoms with van der Waals surface area (Å²) in [5.41, 5.74) is 1.38. The zero-order chi connectivity index (χ0) is 17.0. The van der Waals surface area contributed by atoms with Crippen LogP contribution in [0.2, 0.25) is 0 Å². The third-order valence-corrected chi connectivity index (χ3v) is 5.56. The van der Waals surface area contributed by atoms with Crippen LogP contribution < -0.4 is 5.32 Å². The molecule has 0 aromatic heterocycles. The van der Waals surface area contributed by atoms with Crippen LogP contribution in [0.4, 0.5) is 0 Å². The van der Waals surface area contributed by atoms with E-state index in [4.69, 9.17) is 5.11 Å². The van der Waals surface area contributed by atoms with Gasteiger partial charge in [-0.25, -0.2) is 0 Å². The molecule has 0 spiro atoms. The molecule has 5 heteroatoms. The zero-order valence-electron chi connectivity index (χ0n) is 14.0. The van der Waals surface area contributed by atoms with E-state index in [1.165, 1.54) is 18.4 Å². The van der Waals surface area contributed by atoms with Gasteiger partial charge >= 0.3 is 5.97 Å². The van der Waals surface area contributed by atoms with E-state index >= 15 is 0 Å². The number of rotatable bonds is 6. The van der Waals surface area contributed by atoms with Gasteiger partial charge in [-0.1, -0.05) is 43.2 Å². The SMILES string of the molecule is O=C(CN1CCC(C(=O)O)C1)NCC1(c2ccccc2)CCCC1. The van der Waals surface area contributed by atoms with E-state index in [1.54, 1.807) is 0 Å². The van der Waals surface area contributed by atoms with Crippen molar-refractivity contribution in [2.75, 3.05) is 26.2 Å². The molecule has 2 N–H and O–H groups in total. The van der Waals surface area contributed by atoms with Crippen LogP contribution in [-0.2, 0) is 15.0 Å². The van der Waals surface area contributed by atoms with Gasteiger partial charge < -0.3 is 10.4 Å². The average molecular weight is 330 g/mol. The molecule has 0 bridgehead atoms. The van der Waals surface area contributed by atoms with Crippen LogP contribution in [0.25, 0.3) is 0 Å². The summed E-state index contributed by atoms with van der Waals surface area (Å²) in [5, 5.41) is 12.2. The number of carboxylic acids is 1. The van der Waals surface area contributed by atoms with Crippen molar-refractivity contribution < 1.29 is 14.7 Å². The summed E-state index contributed by atoms with van der Waals surface area (Å²) < 4.78 is 0. The lowest BCUT2D eigenvalue weighted by atomic mass is 9.79. The molecular formula is C19H26N2O3. The molecule has 1 aromatic carbocycles. The minimum atomic E-state index is -0.758. The minimum absolute atomic E-state index is 0.00300. The number of benzene rings is 1. The molecule has 24 heavy (non-hydrogen) atoms. The largest absolute Gasteiger partial charge is 0.481 e. The summed E-state index contributed by atoms with van der Waals surface area (Å²) in [6.07, 6.45) is 5.27. The van der Waals surface area contributed by atoms with Crippen molar-refractivity contribution in [2.24, 2.45) is 5.92 Å². The van der Waals surface area contributed by atoms with E-state index < -0.39 is 5.97 Å². The fourth-order valence-electron chi connectivity index (χ4n) is 4.12. The molecule has 1 unspecified atom stereocenters. The standard InChI is InChI=1S/C19H26N2O3/c22-17(13-21-11-8-15(12-21)18(23)24)20-14-19(9-4-5-10-19)16-6-2-1-3-7-16/h1-3,6-7,15H,4-5,8-14H2,(H,20,22)(H,23,24). The van der Waals surface area contributed by atoms with E-state index in [9.17, 15) is 9.59 Å². The number of nitrogens with one attached hydrogen (secondary N) is 1. The number of amides is 1. The Hall–Kier alpha value is -1.88. The van der Waals surface area contributed by atoms with Gasteiger partial charge in [-0.15, -0.1) is 0 Å². The van der Waals surface area contributed by atoms with E-state index in [2.05, 4.69) is 29.6 Å². The number of hydrogen-bond acceptors (Lipinski definition) is 3. The lowest BCUT2D eigenvalue weighted by molar-refractivity contribution is -0.141. The topological polar surface area (TPSA) is 69.6 Å². The number of hydrogen-bond donors (Lipinski definition) is 2. The number of carboxylic acid groups (broad SMARTS) is 1. The molecule has 1 aliphatic heterocycles. The lowest BCUT2D eigenvalue weighted by Gasteiger charge is -2.30. The summed E-state index contributed by atoms with van der Waals surface area (Å²) in [6, 6.07) is 10.5. The molecule has 0 radical (unpaired) electrons. The Bertz CT molecular complexity index is 582. The second kappa shape index (κ2) is 7.34. The quantitative estimate of drug-likeness (QED) is 0.837. The Balaban J connectivity index is 1.54. The summed E-state index contributed by atoms with van der Waals surface area (Å²) in [5.74, 6) is -1.08. The highest BCUT2D eigenvalue weighted by molar-refractivity contribution is 5.78. The maximum Gasteiger partial charge on any atom is 0.307 e. The molecule has 1 aliphatic carbocycles. The summed E-state index contributed by atoms with van der Waals surface area (Å²) in [4.78, 5) is 25.3. The Labute approximate surface area is 143 Å². The molecule has 2 aliphatic rings. The van der Waals surface area contributed by atoms with Gasteiger partial charge in [0.15, 0.2) is 0 Å². The van der Waals surface area contributed by atoms with Crippen molar-refractivity contribution in [3.8, 4) is 0 Å². The first-order valence-electron chi connectivity index (χ1n) is 8.86. The number of aliphatic carboxylic acids is 1. The number of nitrogens with zero attached hydrogens (tertiary/aromatic N) is 1. The summed E-state index contributed by atoms with van der Waals surface area (Å²) in [7, 11) is 0. The molecule has 3 rings (SSSR count). The van der Waals surface area contributed by atoms with Gasteiger partial charge in [-0.05, 0) is 31.4 Å². The molecule has 1 saturated carbocycles. The van der Waals surface area contributed by atoms with Crippen LogP contribution in [0, 0.1) is 5.92 Å². The van der Waals surface area contributed by atoms with E-state index in [-0.39, 0.29) is 17.2 Å². The van der Waals surface area contributed by atoms with Crippen molar-refractivity contribution in [1.29, 1.82) is 0 Å². The Morgan fingerprint density at radius 1 is 1.21 bits per heavy atom. The first-order chi connectivity index (χ1) is 11.6. The first-order valence-corrected chi connectivity index (χ1v) is 8.86. The number of likely N-dealkylation sites (tertiary alicyclic amines) is 1. The van der Waals surface area contributed by atoms with Gasteiger partial charge in [0.1, 0.15) is 0 Å². The number of carbonyl (C=O) groups is 2. The van der Waals surface area contributed by atoms with E-state index in [0.717, 1.165) is 12.8 Å². The van der Waals surface area contributed by atoms with Crippen LogP contribution in [0.1, 0.15) is 37.7 Å². The molecule has 1 heterocycles. The monoisotopic (exact) mass is 330 g/mol. The van der Waals surface area contributed by atoms with Crippen LogP contribution in [0.3, 0.4) is 0 Å². The van der Waals surface area contributed by atoms with Crippen molar-refractivity contribution in [2.45, 2.75) is 37.5 Å². The van der Waals surface area contributed by atoms with Crippen molar-refractivity contribution >= 4 is 11.9 Å². The van der Waals surface area contributed by atoms with Crippen molar-refractivity contribution in [3.63, 3.8) is 0 Å². The Morgan fingerprint density at radius 2 is 1.92 bits per heavy atom. The summed E-state index contributed by atoms with van der Waals surface area (Å²) >= 11 is 0. The molecule has 5 nitrogen and oxygen atoms in total. The Morgan fingerprint density at radius 3 is 2.54 bits per heavy atom. The molecule has 1 atom stereocenters. The lowest BCUT2D eigenvalue weighted by Crippen LogP contribution is -2.43. The molecule has 1 amide bonds. The van der Waals surface area contributed by atoms with Gasteiger partial charge in [0, 0.05) is 18.5 Å². The average Bonchev–Trinajstić information content (AvgIpc) is 3.24. The van der Waals surface area contributed by atoms with E-state index in [0.29, 0.717) is 32.6 Å². The van der Waals surface area contributed by atoms with Crippen LogP contribution in [0.5, 0.6) is 0 Å². The smallest absolute Gasteiger partial charge is 0.307 e. The van der Waals surface area contributed by atoms with Crippen LogP contribution >= 0.6 is 0 Å². The highest BCUT2D eigenvalue weighted by atomic mass is 16.4. The summed E-state index contributed by atoms with van der Waals surface area (Å²) in [6.45, 7) is 2.14. The van der Waals surface area contributed by atoms with Crippen molar-refractivity contribution in [3.05, 3.63) is 35.9 Å². The molecule has 2 fully saturated rings. The van der Waals surface area contributed by atoms with Gasteiger partial charge in [0.2, 0.25) is 5.91 Å². The maximum absolute atomic E-state index is 12.3. The van der Waals surface area contributed by atoms with Gasteiger partial charge in [0.25, 0.3) is 0 Å². The highest BCUT2D eigenvalue weighted by Crippen LogP contribution is 2.40. The molecule has 1 aromatic rings. The van der Waals surface area contributed by atoms with Gasteiger partial charge in [0.05, 0.1) is 12.5 Å². The maximum atomic E-state index is 12.3. The molecule has 130 valence electrons. The van der Waals surface area contributed by atoms with Crippen LogP contribution in [-0.4, -0.2) is 48.1 Å². The predicted octanol–water partition coefficient (Wildman–Crippen LogP) is 2.02. The molecule has 1 saturated heterocycles. The Kier molecular flexibility index (Phi) is 5.19. The fraction of sp³-hybridized carbons (Fsp3) is 0.579. The second-order valence-electron chi connectivity index (χ2n) is 7.19. The minimum Gasteiger partial charge on any atom is -0.481 e. The molecular weight excluding hydrogens is 304 g/mol. The van der Waals surface area contributed by atoms with Gasteiger partial charge in [-0.3, -0.25) is 14.5 Å². The third kappa shape index (κ3) is 3.78. The van der Waals surface area contributed by atoms with E-state index in [1.807, 2.05) is 11.0 Å². The third-order valence-electron chi connectivity index (χ3n) is 5.56. The van der Waals surface area contributed by atoms with Crippen LogP contribution in [0.15, 0.2) is 30.3 Å². The fourth-order valence-corrected chi connectivity index (χ4v) is 4.12.